The Morgan fingerprint density at radius 3 is 2.91 bits per heavy atom. The van der Waals surface area contributed by atoms with Crippen LogP contribution in [0.2, 0.25) is 0 Å². The number of pyridine rings is 1. The van der Waals surface area contributed by atoms with Crippen molar-refractivity contribution < 1.29 is 9.21 Å². The molecule has 2 rings (SSSR count). The number of carbonyl (C=O) groups excluding carboxylic acids is 1. The molecule has 0 spiro atoms. The minimum atomic E-state index is -0.165. The number of aliphatic imine (C=N–C) groups is 1. The Morgan fingerprint density at radius 2 is 2.23 bits per heavy atom. The van der Waals surface area contributed by atoms with Crippen molar-refractivity contribution in [1.29, 1.82) is 0 Å². The van der Waals surface area contributed by atoms with Crippen molar-refractivity contribution in [3.63, 3.8) is 0 Å². The van der Waals surface area contributed by atoms with Gasteiger partial charge in [0.2, 0.25) is 5.91 Å². The van der Waals surface area contributed by atoms with Gasteiger partial charge in [-0.15, -0.1) is 0 Å². The van der Waals surface area contributed by atoms with E-state index in [1.165, 1.54) is 0 Å². The standard InChI is InChI=1S/C15H19N5O2/c1-16-15(18-8-6-13-5-3-9-22-13)19-11-14(21)20-12-4-2-7-17-10-12/h2-5,7,9-10H,6,8,11H2,1H3,(H,20,21)(H2,16,18,19). The van der Waals surface area contributed by atoms with Crippen LogP contribution in [0.3, 0.4) is 0 Å². The highest BCUT2D eigenvalue weighted by atomic mass is 16.3. The Labute approximate surface area is 128 Å². The maximum Gasteiger partial charge on any atom is 0.243 e. The molecular weight excluding hydrogens is 282 g/mol. The Kier molecular flexibility index (Phi) is 5.98. The van der Waals surface area contributed by atoms with Crippen molar-refractivity contribution in [2.75, 3.05) is 25.5 Å². The van der Waals surface area contributed by atoms with Crippen LogP contribution in [-0.2, 0) is 11.2 Å². The zero-order chi connectivity index (χ0) is 15.6. The zero-order valence-corrected chi connectivity index (χ0v) is 12.4. The Bertz CT molecular complexity index is 596. The minimum Gasteiger partial charge on any atom is -0.469 e. The molecule has 0 aliphatic rings. The van der Waals surface area contributed by atoms with Crippen LogP contribution in [0, 0.1) is 0 Å². The third kappa shape index (κ3) is 5.28. The van der Waals surface area contributed by atoms with Gasteiger partial charge in [-0.1, -0.05) is 0 Å². The third-order valence-corrected chi connectivity index (χ3v) is 2.83. The van der Waals surface area contributed by atoms with Crippen LogP contribution in [0.4, 0.5) is 5.69 Å². The highest BCUT2D eigenvalue weighted by molar-refractivity contribution is 5.94. The van der Waals surface area contributed by atoms with Gasteiger partial charge in [0.05, 0.1) is 24.7 Å². The quantitative estimate of drug-likeness (QED) is 0.547. The van der Waals surface area contributed by atoms with Crippen LogP contribution < -0.4 is 16.0 Å². The van der Waals surface area contributed by atoms with Crippen LogP contribution in [0.25, 0.3) is 0 Å². The molecule has 22 heavy (non-hydrogen) atoms. The highest BCUT2D eigenvalue weighted by Gasteiger charge is 2.04. The van der Waals surface area contributed by atoms with Crippen LogP contribution in [0.15, 0.2) is 52.3 Å². The van der Waals surface area contributed by atoms with Gasteiger partial charge < -0.3 is 20.4 Å². The summed E-state index contributed by atoms with van der Waals surface area (Å²) in [6.45, 7) is 0.784. The molecule has 0 aromatic carbocycles. The van der Waals surface area contributed by atoms with Gasteiger partial charge in [-0.25, -0.2) is 0 Å². The molecule has 2 heterocycles. The van der Waals surface area contributed by atoms with Crippen LogP contribution in [-0.4, -0.2) is 37.0 Å². The van der Waals surface area contributed by atoms with E-state index < -0.39 is 0 Å². The predicted octanol–water partition coefficient (Wildman–Crippen LogP) is 1.02. The predicted molar refractivity (Wildman–Crippen MR) is 84.6 cm³/mol. The lowest BCUT2D eigenvalue weighted by molar-refractivity contribution is -0.115. The highest BCUT2D eigenvalue weighted by Crippen LogP contribution is 2.01. The molecule has 0 saturated heterocycles. The van der Waals surface area contributed by atoms with E-state index in [1.807, 2.05) is 12.1 Å². The molecule has 0 radical (unpaired) electrons. The smallest absolute Gasteiger partial charge is 0.243 e. The lowest BCUT2D eigenvalue weighted by Crippen LogP contribution is -2.42. The summed E-state index contributed by atoms with van der Waals surface area (Å²) in [7, 11) is 1.65. The number of aromatic nitrogens is 1. The fraction of sp³-hybridized carbons (Fsp3) is 0.267. The normalized spacial score (nSPS) is 11.0. The molecule has 0 fully saturated rings. The summed E-state index contributed by atoms with van der Waals surface area (Å²) in [5, 5.41) is 8.80. The Hall–Kier alpha value is -2.83. The van der Waals surface area contributed by atoms with Crippen LogP contribution in [0.5, 0.6) is 0 Å². The van der Waals surface area contributed by atoms with E-state index in [1.54, 1.807) is 37.8 Å². The topological polar surface area (TPSA) is 91.5 Å². The molecule has 0 unspecified atom stereocenters. The molecule has 116 valence electrons. The molecule has 3 N–H and O–H groups in total. The first-order chi connectivity index (χ1) is 10.8. The van der Waals surface area contributed by atoms with Crippen molar-refractivity contribution in [2.45, 2.75) is 6.42 Å². The van der Waals surface area contributed by atoms with Gasteiger partial charge in [-0.2, -0.15) is 0 Å². The van der Waals surface area contributed by atoms with Crippen molar-refractivity contribution >= 4 is 17.6 Å². The number of furan rings is 1. The number of amides is 1. The summed E-state index contributed by atoms with van der Waals surface area (Å²) >= 11 is 0. The molecule has 0 atom stereocenters. The third-order valence-electron chi connectivity index (χ3n) is 2.83. The zero-order valence-electron chi connectivity index (χ0n) is 12.4. The molecule has 7 nitrogen and oxygen atoms in total. The number of nitrogens with one attached hydrogen (secondary N) is 3. The van der Waals surface area contributed by atoms with Gasteiger partial charge in [-0.3, -0.25) is 14.8 Å². The van der Waals surface area contributed by atoms with Gasteiger partial charge in [0, 0.05) is 26.2 Å². The van der Waals surface area contributed by atoms with Gasteiger partial charge in [-0.05, 0) is 24.3 Å². The summed E-state index contributed by atoms with van der Waals surface area (Å²) in [5.74, 6) is 1.30. The second kappa shape index (κ2) is 8.46. The number of rotatable bonds is 6. The van der Waals surface area contributed by atoms with Crippen molar-refractivity contribution in [2.24, 2.45) is 4.99 Å². The van der Waals surface area contributed by atoms with Crippen LogP contribution in [0.1, 0.15) is 5.76 Å². The van der Waals surface area contributed by atoms with Crippen molar-refractivity contribution in [3.8, 4) is 0 Å². The molecule has 0 saturated carbocycles. The monoisotopic (exact) mass is 301 g/mol. The molecule has 2 aromatic heterocycles. The molecule has 2 aromatic rings. The summed E-state index contributed by atoms with van der Waals surface area (Å²) in [6, 6.07) is 7.31. The minimum absolute atomic E-state index is 0.120. The van der Waals surface area contributed by atoms with E-state index in [4.69, 9.17) is 4.42 Å². The maximum absolute atomic E-state index is 11.8. The lowest BCUT2D eigenvalue weighted by Gasteiger charge is -2.11. The Morgan fingerprint density at radius 1 is 1.32 bits per heavy atom. The first kappa shape index (κ1) is 15.6. The number of nitrogens with zero attached hydrogens (tertiary/aromatic N) is 2. The van der Waals surface area contributed by atoms with E-state index in [2.05, 4.69) is 25.9 Å². The summed E-state index contributed by atoms with van der Waals surface area (Å²) in [4.78, 5) is 19.8. The van der Waals surface area contributed by atoms with E-state index in [0.717, 1.165) is 12.2 Å². The van der Waals surface area contributed by atoms with Crippen molar-refractivity contribution in [3.05, 3.63) is 48.7 Å². The summed E-state index contributed by atoms with van der Waals surface area (Å²) in [5.41, 5.74) is 0.662. The SMILES string of the molecule is CN=C(NCCc1ccco1)NCC(=O)Nc1cccnc1. The molecule has 0 aliphatic carbocycles. The average molecular weight is 301 g/mol. The number of guanidine groups is 1. The van der Waals surface area contributed by atoms with Gasteiger partial charge >= 0.3 is 0 Å². The second-order valence-corrected chi connectivity index (χ2v) is 4.47. The maximum atomic E-state index is 11.8. The molecule has 0 aliphatic heterocycles. The van der Waals surface area contributed by atoms with E-state index in [0.29, 0.717) is 18.2 Å². The van der Waals surface area contributed by atoms with Gasteiger partial charge in [0.15, 0.2) is 5.96 Å². The van der Waals surface area contributed by atoms with Gasteiger partial charge in [0.1, 0.15) is 5.76 Å². The van der Waals surface area contributed by atoms with Crippen LogP contribution >= 0.6 is 0 Å². The first-order valence-corrected chi connectivity index (χ1v) is 6.94. The second-order valence-electron chi connectivity index (χ2n) is 4.47. The fourth-order valence-electron chi connectivity index (χ4n) is 1.79. The summed E-state index contributed by atoms with van der Waals surface area (Å²) in [6.07, 6.45) is 5.63. The lowest BCUT2D eigenvalue weighted by atomic mass is 10.3. The summed E-state index contributed by atoms with van der Waals surface area (Å²) < 4.78 is 5.24. The molecular formula is C15H19N5O2. The van der Waals surface area contributed by atoms with Crippen molar-refractivity contribution in [1.82, 2.24) is 15.6 Å². The molecule has 0 bridgehead atoms. The van der Waals surface area contributed by atoms with E-state index >= 15 is 0 Å². The Balaban J connectivity index is 1.68. The van der Waals surface area contributed by atoms with E-state index in [9.17, 15) is 4.79 Å². The number of hydrogen-bond acceptors (Lipinski definition) is 4. The van der Waals surface area contributed by atoms with Gasteiger partial charge in [0.25, 0.3) is 0 Å². The first-order valence-electron chi connectivity index (χ1n) is 6.94. The fourth-order valence-corrected chi connectivity index (χ4v) is 1.79. The average Bonchev–Trinajstić information content (AvgIpc) is 3.05. The number of carbonyl (C=O) groups is 1. The molecule has 1 amide bonds. The van der Waals surface area contributed by atoms with E-state index in [-0.39, 0.29) is 12.5 Å². The number of hydrogen-bond donors (Lipinski definition) is 3. The number of anilines is 1. The molecule has 7 heteroatoms. The largest absolute Gasteiger partial charge is 0.469 e.